The van der Waals surface area contributed by atoms with Crippen molar-refractivity contribution in [2.24, 2.45) is 0 Å². The zero-order valence-electron chi connectivity index (χ0n) is 10.8. The molecule has 0 aliphatic carbocycles. The van der Waals surface area contributed by atoms with Crippen LogP contribution in [0.1, 0.15) is 29.2 Å². The van der Waals surface area contributed by atoms with Gasteiger partial charge in [-0.2, -0.15) is 0 Å². The van der Waals surface area contributed by atoms with Gasteiger partial charge in [0.05, 0.1) is 23.9 Å². The largest absolute Gasteiger partial charge is 0.389 e. The van der Waals surface area contributed by atoms with E-state index in [1.54, 1.807) is 24.5 Å². The van der Waals surface area contributed by atoms with E-state index in [0.717, 1.165) is 23.6 Å². The third-order valence-electron chi connectivity index (χ3n) is 2.87. The smallest absolute Gasteiger partial charge is 0.128 e. The molecule has 96 valence electrons. The Hall–Kier alpha value is -1.46. The van der Waals surface area contributed by atoms with Crippen LogP contribution in [0.25, 0.3) is 0 Å². The lowest BCUT2D eigenvalue weighted by molar-refractivity contribution is 0.199. The summed E-state index contributed by atoms with van der Waals surface area (Å²) in [4.78, 5) is 11.9. The number of thiazole rings is 1. The van der Waals surface area contributed by atoms with Crippen LogP contribution in [0.5, 0.6) is 0 Å². The van der Waals surface area contributed by atoms with Crippen molar-refractivity contribution in [2.75, 3.05) is 11.9 Å². The first-order valence-electron chi connectivity index (χ1n) is 5.82. The Kier molecular flexibility index (Phi) is 3.93. The Morgan fingerprint density at radius 3 is 2.83 bits per heavy atom. The van der Waals surface area contributed by atoms with E-state index in [4.69, 9.17) is 0 Å². The number of aliphatic hydroxyl groups is 1. The van der Waals surface area contributed by atoms with E-state index in [1.165, 1.54) is 4.88 Å². The minimum Gasteiger partial charge on any atom is -0.389 e. The van der Waals surface area contributed by atoms with Crippen LogP contribution in [0.3, 0.4) is 0 Å². The molecule has 0 unspecified atom stereocenters. The van der Waals surface area contributed by atoms with Crippen molar-refractivity contribution < 1.29 is 5.11 Å². The Bertz CT molecular complexity index is 524. The number of hydrogen-bond acceptors (Lipinski definition) is 5. The maximum atomic E-state index is 9.58. The van der Waals surface area contributed by atoms with Crippen LogP contribution >= 0.6 is 11.3 Å². The first kappa shape index (κ1) is 13.0. The van der Waals surface area contributed by atoms with Crippen LogP contribution in [0.4, 0.5) is 5.82 Å². The van der Waals surface area contributed by atoms with E-state index in [0.29, 0.717) is 0 Å². The van der Waals surface area contributed by atoms with Gasteiger partial charge in [-0.05, 0) is 31.5 Å². The molecule has 2 rings (SSSR count). The summed E-state index contributed by atoms with van der Waals surface area (Å²) < 4.78 is 0. The van der Waals surface area contributed by atoms with Gasteiger partial charge in [-0.1, -0.05) is 0 Å². The fraction of sp³-hybridized carbons (Fsp3) is 0.385. The second-order valence-corrected chi connectivity index (χ2v) is 5.28. The van der Waals surface area contributed by atoms with Crippen molar-refractivity contribution in [3.8, 4) is 0 Å². The van der Waals surface area contributed by atoms with Crippen molar-refractivity contribution in [1.29, 1.82) is 0 Å². The first-order valence-corrected chi connectivity index (χ1v) is 6.70. The highest BCUT2D eigenvalue weighted by Crippen LogP contribution is 2.20. The highest BCUT2D eigenvalue weighted by atomic mass is 32.1. The summed E-state index contributed by atoms with van der Waals surface area (Å²) in [6.45, 7) is 4.55. The topological polar surface area (TPSA) is 49.2 Å². The summed E-state index contributed by atoms with van der Waals surface area (Å²) in [6.07, 6.45) is 1.26. The molecule has 0 saturated heterocycles. The Morgan fingerprint density at radius 1 is 1.44 bits per heavy atom. The Labute approximate surface area is 111 Å². The van der Waals surface area contributed by atoms with Crippen molar-refractivity contribution in [3.63, 3.8) is 0 Å². The molecule has 5 heteroatoms. The van der Waals surface area contributed by atoms with E-state index < -0.39 is 6.10 Å². The van der Waals surface area contributed by atoms with Gasteiger partial charge in [-0.25, -0.2) is 9.97 Å². The summed E-state index contributed by atoms with van der Waals surface area (Å²) in [5.41, 5.74) is 3.81. The highest BCUT2D eigenvalue weighted by molar-refractivity contribution is 7.09. The molecular weight excluding hydrogens is 246 g/mol. The Balaban J connectivity index is 2.16. The number of hydrogen-bond donors (Lipinski definition) is 1. The van der Waals surface area contributed by atoms with Crippen LogP contribution in [0, 0.1) is 6.92 Å². The van der Waals surface area contributed by atoms with E-state index >= 15 is 0 Å². The molecule has 2 heterocycles. The second-order valence-electron chi connectivity index (χ2n) is 4.34. The van der Waals surface area contributed by atoms with Gasteiger partial charge >= 0.3 is 0 Å². The quantitative estimate of drug-likeness (QED) is 0.921. The van der Waals surface area contributed by atoms with E-state index in [1.807, 2.05) is 31.6 Å². The van der Waals surface area contributed by atoms with Crippen LogP contribution in [0.15, 0.2) is 23.8 Å². The molecule has 1 N–H and O–H groups in total. The van der Waals surface area contributed by atoms with Gasteiger partial charge in [-0.15, -0.1) is 11.3 Å². The predicted octanol–water partition coefficient (Wildman–Crippen LogP) is 2.54. The van der Waals surface area contributed by atoms with Gasteiger partial charge in [-0.3, -0.25) is 0 Å². The van der Waals surface area contributed by atoms with Crippen LogP contribution in [-0.2, 0) is 6.54 Å². The number of anilines is 1. The van der Waals surface area contributed by atoms with Crippen molar-refractivity contribution in [2.45, 2.75) is 26.5 Å². The fourth-order valence-electron chi connectivity index (χ4n) is 1.68. The van der Waals surface area contributed by atoms with Gasteiger partial charge in [0.25, 0.3) is 0 Å². The molecule has 0 fully saturated rings. The maximum Gasteiger partial charge on any atom is 0.128 e. The number of aryl methyl sites for hydroxylation is 1. The lowest BCUT2D eigenvalue weighted by atomic mass is 10.1. The minimum atomic E-state index is -0.467. The number of aromatic nitrogens is 2. The van der Waals surface area contributed by atoms with Crippen molar-refractivity contribution in [1.82, 2.24) is 9.97 Å². The SMILES string of the molecule is Cc1ncsc1CN(C)c1cc([C@@H](C)O)ccn1. The number of nitrogens with zero attached hydrogens (tertiary/aromatic N) is 3. The molecule has 1 atom stereocenters. The van der Waals surface area contributed by atoms with Crippen LogP contribution in [0.2, 0.25) is 0 Å². The standard InChI is InChI=1S/C13H17N3OS/c1-9-12(18-8-15-9)7-16(3)13-6-11(10(2)17)4-5-14-13/h4-6,8,10,17H,7H2,1-3H3/t10-/m1/s1. The fourth-order valence-corrected chi connectivity index (χ4v) is 2.51. The molecule has 4 nitrogen and oxygen atoms in total. The number of rotatable bonds is 4. The summed E-state index contributed by atoms with van der Waals surface area (Å²) in [7, 11) is 1.99. The normalized spacial score (nSPS) is 12.4. The van der Waals surface area contributed by atoms with Crippen molar-refractivity contribution in [3.05, 3.63) is 40.0 Å². The average Bonchev–Trinajstić information content (AvgIpc) is 2.75. The summed E-state index contributed by atoms with van der Waals surface area (Å²) >= 11 is 1.65. The highest BCUT2D eigenvalue weighted by Gasteiger charge is 2.09. The summed E-state index contributed by atoms with van der Waals surface area (Å²) in [6, 6.07) is 3.75. The van der Waals surface area contributed by atoms with Gasteiger partial charge in [0.15, 0.2) is 0 Å². The molecule has 18 heavy (non-hydrogen) atoms. The van der Waals surface area contributed by atoms with Crippen LogP contribution in [-0.4, -0.2) is 22.1 Å². The van der Waals surface area contributed by atoms with Crippen LogP contribution < -0.4 is 4.90 Å². The van der Waals surface area contributed by atoms with Crippen molar-refractivity contribution >= 4 is 17.2 Å². The lowest BCUT2D eigenvalue weighted by Gasteiger charge is -2.18. The van der Waals surface area contributed by atoms with Gasteiger partial charge in [0.2, 0.25) is 0 Å². The molecule has 2 aromatic rings. The lowest BCUT2D eigenvalue weighted by Crippen LogP contribution is -2.17. The molecule has 0 aliphatic rings. The molecule has 2 aromatic heterocycles. The summed E-state index contributed by atoms with van der Waals surface area (Å²) in [5.74, 6) is 0.862. The Morgan fingerprint density at radius 2 is 2.22 bits per heavy atom. The predicted molar refractivity (Wildman–Crippen MR) is 73.8 cm³/mol. The number of pyridine rings is 1. The zero-order chi connectivity index (χ0) is 13.1. The maximum absolute atomic E-state index is 9.58. The monoisotopic (exact) mass is 263 g/mol. The molecule has 0 aromatic carbocycles. The second kappa shape index (κ2) is 5.46. The van der Waals surface area contributed by atoms with Gasteiger partial charge in [0.1, 0.15) is 5.82 Å². The molecule has 0 spiro atoms. The number of aliphatic hydroxyl groups excluding tert-OH is 1. The molecular formula is C13H17N3OS. The molecule has 0 saturated carbocycles. The van der Waals surface area contributed by atoms with Gasteiger partial charge in [0, 0.05) is 18.1 Å². The van der Waals surface area contributed by atoms with E-state index in [-0.39, 0.29) is 0 Å². The van der Waals surface area contributed by atoms with E-state index in [9.17, 15) is 5.11 Å². The molecule has 0 radical (unpaired) electrons. The third-order valence-corrected chi connectivity index (χ3v) is 3.79. The first-order chi connectivity index (χ1) is 8.58. The molecule has 0 aliphatic heterocycles. The molecule has 0 amide bonds. The third kappa shape index (κ3) is 2.86. The minimum absolute atomic E-state index is 0.467. The molecule has 0 bridgehead atoms. The zero-order valence-corrected chi connectivity index (χ0v) is 11.6. The average molecular weight is 263 g/mol. The summed E-state index contributed by atoms with van der Waals surface area (Å²) in [5, 5.41) is 9.58. The van der Waals surface area contributed by atoms with Gasteiger partial charge < -0.3 is 10.0 Å². The van der Waals surface area contributed by atoms with E-state index in [2.05, 4.69) is 14.9 Å².